The van der Waals surface area contributed by atoms with Gasteiger partial charge in [-0.3, -0.25) is 4.79 Å². The molecule has 0 aliphatic carbocycles. The van der Waals surface area contributed by atoms with E-state index in [-0.39, 0.29) is 11.3 Å². The van der Waals surface area contributed by atoms with Gasteiger partial charge in [-0.05, 0) is 43.1 Å². The van der Waals surface area contributed by atoms with E-state index in [9.17, 15) is 4.79 Å². The molecule has 2 aliphatic heterocycles. The van der Waals surface area contributed by atoms with Crippen molar-refractivity contribution in [3.05, 3.63) is 21.9 Å². The number of thiophene rings is 1. The Labute approximate surface area is 137 Å². The highest BCUT2D eigenvalue weighted by Crippen LogP contribution is 2.33. The van der Waals surface area contributed by atoms with Gasteiger partial charge in [0.05, 0.1) is 5.56 Å². The Morgan fingerprint density at radius 3 is 2.86 bits per heavy atom. The van der Waals surface area contributed by atoms with Crippen LogP contribution >= 0.6 is 11.3 Å². The Morgan fingerprint density at radius 1 is 1.32 bits per heavy atom. The van der Waals surface area contributed by atoms with E-state index >= 15 is 0 Å². The van der Waals surface area contributed by atoms with Crippen molar-refractivity contribution in [1.29, 1.82) is 0 Å². The quantitative estimate of drug-likeness (QED) is 0.813. The summed E-state index contributed by atoms with van der Waals surface area (Å²) < 4.78 is 5.44. The van der Waals surface area contributed by atoms with Gasteiger partial charge >= 0.3 is 0 Å². The van der Waals surface area contributed by atoms with Crippen LogP contribution in [0.25, 0.3) is 0 Å². The minimum Gasteiger partial charge on any atom is -0.381 e. The number of carbonyl (C=O) groups excluding carboxylic acids is 1. The highest BCUT2D eigenvalue weighted by molar-refractivity contribution is 7.10. The predicted octanol–water partition coefficient (Wildman–Crippen LogP) is 4.29. The summed E-state index contributed by atoms with van der Waals surface area (Å²) in [4.78, 5) is 16.3. The molecule has 122 valence electrons. The van der Waals surface area contributed by atoms with Crippen LogP contribution in [-0.2, 0) is 4.74 Å². The van der Waals surface area contributed by atoms with Gasteiger partial charge < -0.3 is 9.64 Å². The molecule has 2 fully saturated rings. The summed E-state index contributed by atoms with van der Waals surface area (Å²) in [6, 6.07) is 2.14. The summed E-state index contributed by atoms with van der Waals surface area (Å²) in [5.41, 5.74) is 1.13. The molecule has 0 radical (unpaired) electrons. The van der Waals surface area contributed by atoms with Crippen molar-refractivity contribution in [1.82, 2.24) is 4.90 Å². The molecule has 3 rings (SSSR count). The van der Waals surface area contributed by atoms with Gasteiger partial charge in [0.25, 0.3) is 5.91 Å². The molecule has 0 atom stereocenters. The van der Waals surface area contributed by atoms with Gasteiger partial charge in [0.2, 0.25) is 0 Å². The largest absolute Gasteiger partial charge is 0.381 e. The maximum Gasteiger partial charge on any atom is 0.254 e. The molecule has 4 heteroatoms. The minimum absolute atomic E-state index is 0.226. The van der Waals surface area contributed by atoms with Gasteiger partial charge in [-0.25, -0.2) is 0 Å². The lowest BCUT2D eigenvalue weighted by Crippen LogP contribution is -2.37. The van der Waals surface area contributed by atoms with Crippen LogP contribution < -0.4 is 0 Å². The fourth-order valence-electron chi connectivity index (χ4n) is 3.60. The average molecular weight is 321 g/mol. The van der Waals surface area contributed by atoms with Crippen LogP contribution in [0.3, 0.4) is 0 Å². The lowest BCUT2D eigenvalue weighted by Gasteiger charge is -2.29. The van der Waals surface area contributed by atoms with E-state index in [1.165, 1.54) is 17.7 Å². The summed E-state index contributed by atoms with van der Waals surface area (Å²) in [5, 5.41) is 2.06. The molecule has 0 saturated carbocycles. The lowest BCUT2D eigenvalue weighted by molar-refractivity contribution is 0.0707. The molecule has 0 bridgehead atoms. The molecule has 22 heavy (non-hydrogen) atoms. The average Bonchev–Trinajstić information content (AvgIpc) is 2.93. The van der Waals surface area contributed by atoms with Crippen molar-refractivity contribution >= 4 is 17.2 Å². The fourth-order valence-corrected chi connectivity index (χ4v) is 4.65. The number of hydrogen-bond donors (Lipinski definition) is 0. The molecule has 0 spiro atoms. The van der Waals surface area contributed by atoms with Crippen LogP contribution in [0.15, 0.2) is 11.4 Å². The first kappa shape index (κ1) is 16.0. The molecular formula is C18H27NO2S. The maximum atomic E-state index is 12.8. The van der Waals surface area contributed by atoms with Crippen molar-refractivity contribution in [2.24, 2.45) is 5.41 Å². The summed E-state index contributed by atoms with van der Waals surface area (Å²) in [5.74, 6) is 0.811. The van der Waals surface area contributed by atoms with Crippen molar-refractivity contribution in [3.63, 3.8) is 0 Å². The summed E-state index contributed by atoms with van der Waals surface area (Å²) in [6.45, 7) is 8.05. The van der Waals surface area contributed by atoms with Gasteiger partial charge in [-0.15, -0.1) is 11.3 Å². The summed E-state index contributed by atoms with van der Waals surface area (Å²) >= 11 is 1.75. The van der Waals surface area contributed by atoms with E-state index in [0.717, 1.165) is 51.1 Å². The van der Waals surface area contributed by atoms with Crippen LogP contribution in [0.5, 0.6) is 0 Å². The van der Waals surface area contributed by atoms with Crippen molar-refractivity contribution in [3.8, 4) is 0 Å². The number of rotatable bonds is 2. The normalized spacial score (nSPS) is 23.3. The Kier molecular flexibility index (Phi) is 4.88. The van der Waals surface area contributed by atoms with Gasteiger partial charge in [-0.2, -0.15) is 0 Å². The lowest BCUT2D eigenvalue weighted by atomic mass is 9.88. The minimum atomic E-state index is 0.226. The molecule has 1 amide bonds. The zero-order valence-electron chi connectivity index (χ0n) is 13.8. The molecule has 0 unspecified atom stereocenters. The number of ether oxygens (including phenoxy) is 1. The number of carbonyl (C=O) groups is 1. The molecule has 1 aromatic heterocycles. The molecule has 2 aliphatic rings. The van der Waals surface area contributed by atoms with E-state index in [2.05, 4.69) is 30.2 Å². The van der Waals surface area contributed by atoms with Crippen LogP contribution in [0.2, 0.25) is 0 Å². The van der Waals surface area contributed by atoms with Gasteiger partial charge in [0.15, 0.2) is 0 Å². The molecule has 0 N–H and O–H groups in total. The monoisotopic (exact) mass is 321 g/mol. The SMILES string of the molecule is CC1(C)CCCCN(C(=O)c2csc(C3CCOCC3)c2)C1. The predicted molar refractivity (Wildman–Crippen MR) is 90.6 cm³/mol. The number of hydrogen-bond acceptors (Lipinski definition) is 3. The van der Waals surface area contributed by atoms with E-state index in [4.69, 9.17) is 4.74 Å². The van der Waals surface area contributed by atoms with E-state index in [0.29, 0.717) is 5.92 Å². The Bertz CT molecular complexity index is 517. The standard InChI is InChI=1S/C18H27NO2S/c1-18(2)7-3-4-8-19(13-18)17(20)15-11-16(22-12-15)14-5-9-21-10-6-14/h11-12,14H,3-10,13H2,1-2H3. The van der Waals surface area contributed by atoms with Crippen LogP contribution in [0.1, 0.15) is 67.1 Å². The van der Waals surface area contributed by atoms with Gasteiger partial charge in [0, 0.05) is 36.6 Å². The molecule has 1 aromatic rings. The molecule has 0 aromatic carbocycles. The number of nitrogens with zero attached hydrogens (tertiary/aromatic N) is 1. The molecule has 3 nitrogen and oxygen atoms in total. The van der Waals surface area contributed by atoms with E-state index < -0.39 is 0 Å². The van der Waals surface area contributed by atoms with Crippen LogP contribution in [0, 0.1) is 5.41 Å². The highest BCUT2D eigenvalue weighted by Gasteiger charge is 2.28. The van der Waals surface area contributed by atoms with E-state index in [1.54, 1.807) is 11.3 Å². The van der Waals surface area contributed by atoms with Crippen molar-refractivity contribution < 1.29 is 9.53 Å². The second-order valence-electron chi connectivity index (χ2n) is 7.47. The Balaban J connectivity index is 1.70. The highest BCUT2D eigenvalue weighted by atomic mass is 32.1. The first-order valence-electron chi connectivity index (χ1n) is 8.51. The topological polar surface area (TPSA) is 29.5 Å². The maximum absolute atomic E-state index is 12.8. The van der Waals surface area contributed by atoms with E-state index in [1.807, 2.05) is 0 Å². The smallest absolute Gasteiger partial charge is 0.254 e. The van der Waals surface area contributed by atoms with Crippen LogP contribution in [0.4, 0.5) is 0 Å². The second-order valence-corrected chi connectivity index (χ2v) is 8.42. The zero-order chi connectivity index (χ0) is 15.6. The third-order valence-electron chi connectivity index (χ3n) is 4.93. The van der Waals surface area contributed by atoms with Crippen molar-refractivity contribution in [2.75, 3.05) is 26.3 Å². The number of amides is 1. The Morgan fingerprint density at radius 2 is 2.09 bits per heavy atom. The molecular weight excluding hydrogens is 294 g/mol. The zero-order valence-corrected chi connectivity index (χ0v) is 14.6. The first-order valence-corrected chi connectivity index (χ1v) is 9.39. The van der Waals surface area contributed by atoms with Gasteiger partial charge in [0.1, 0.15) is 0 Å². The summed E-state index contributed by atoms with van der Waals surface area (Å²) in [7, 11) is 0. The van der Waals surface area contributed by atoms with Crippen molar-refractivity contribution in [2.45, 2.75) is 51.9 Å². The molecule has 3 heterocycles. The van der Waals surface area contributed by atoms with Crippen LogP contribution in [-0.4, -0.2) is 37.1 Å². The molecule has 2 saturated heterocycles. The Hall–Kier alpha value is -0.870. The number of likely N-dealkylation sites (tertiary alicyclic amines) is 1. The first-order chi connectivity index (χ1) is 10.6. The summed E-state index contributed by atoms with van der Waals surface area (Å²) in [6.07, 6.45) is 5.75. The van der Waals surface area contributed by atoms with Gasteiger partial charge in [-0.1, -0.05) is 20.3 Å². The second kappa shape index (κ2) is 6.71. The third-order valence-corrected chi connectivity index (χ3v) is 6.02. The third kappa shape index (κ3) is 3.72. The fraction of sp³-hybridized carbons (Fsp3) is 0.722.